The third kappa shape index (κ3) is 4.42. The second-order valence-electron chi connectivity index (χ2n) is 7.90. The minimum Gasteiger partial charge on any atom is -0.496 e. The van der Waals surface area contributed by atoms with Crippen molar-refractivity contribution in [3.63, 3.8) is 0 Å². The van der Waals surface area contributed by atoms with Gasteiger partial charge < -0.3 is 19.0 Å². The average molecular weight is 510 g/mol. The number of hydrogen-bond acceptors (Lipinski definition) is 8. The van der Waals surface area contributed by atoms with E-state index < -0.39 is 9.84 Å². The molecule has 0 radical (unpaired) electrons. The standard InChI is InChI=1S/C25H23N3O5S2/c1-32-20-11-6-5-10-19(20)24(29)27-13-15-28(16-14-27)25-23(26-22(33-25)21-12-7-17-34-21)35(30,31)18-8-3-2-4-9-18/h2-12,17H,13-16H2,1H3. The van der Waals surface area contributed by atoms with E-state index in [-0.39, 0.29) is 27.6 Å². The number of sulfone groups is 1. The maximum Gasteiger partial charge on any atom is 0.257 e. The van der Waals surface area contributed by atoms with Gasteiger partial charge in [-0.1, -0.05) is 36.4 Å². The summed E-state index contributed by atoms with van der Waals surface area (Å²) in [6, 6.07) is 19.0. The number of nitrogens with zero attached hydrogens (tertiary/aromatic N) is 3. The number of anilines is 1. The highest BCUT2D eigenvalue weighted by molar-refractivity contribution is 7.91. The lowest BCUT2D eigenvalue weighted by molar-refractivity contribution is 0.0741. The SMILES string of the molecule is COc1ccccc1C(=O)N1CCN(c2oc(-c3cccs3)nc2S(=O)(=O)c2ccccc2)CC1. The van der Waals surface area contributed by atoms with Crippen LogP contribution in [0.4, 0.5) is 5.88 Å². The molecule has 3 heterocycles. The minimum atomic E-state index is -3.91. The van der Waals surface area contributed by atoms with E-state index in [9.17, 15) is 13.2 Å². The Labute approximate surface area is 207 Å². The van der Waals surface area contributed by atoms with Crippen molar-refractivity contribution in [1.29, 1.82) is 0 Å². The molecule has 0 aliphatic carbocycles. The van der Waals surface area contributed by atoms with Crippen LogP contribution in [-0.4, -0.2) is 57.5 Å². The molecule has 2 aromatic carbocycles. The third-order valence-corrected chi connectivity index (χ3v) is 8.34. The molecule has 10 heteroatoms. The number of methoxy groups -OCH3 is 1. The highest BCUT2D eigenvalue weighted by Crippen LogP contribution is 2.36. The Balaban J connectivity index is 1.44. The predicted octanol–water partition coefficient (Wildman–Crippen LogP) is 4.21. The van der Waals surface area contributed by atoms with Crippen LogP contribution in [0, 0.1) is 0 Å². The lowest BCUT2D eigenvalue weighted by Gasteiger charge is -2.34. The first-order valence-electron chi connectivity index (χ1n) is 11.0. The Morgan fingerprint density at radius 3 is 2.37 bits per heavy atom. The number of piperazine rings is 1. The summed E-state index contributed by atoms with van der Waals surface area (Å²) in [4.78, 5) is 22.0. The lowest BCUT2D eigenvalue weighted by Crippen LogP contribution is -2.49. The van der Waals surface area contributed by atoms with E-state index in [1.165, 1.54) is 18.4 Å². The van der Waals surface area contributed by atoms with Gasteiger partial charge >= 0.3 is 0 Å². The molecular weight excluding hydrogens is 486 g/mol. The zero-order valence-electron chi connectivity index (χ0n) is 19.0. The molecule has 35 heavy (non-hydrogen) atoms. The monoisotopic (exact) mass is 509 g/mol. The van der Waals surface area contributed by atoms with Crippen molar-refractivity contribution < 1.29 is 22.4 Å². The van der Waals surface area contributed by atoms with E-state index >= 15 is 0 Å². The number of aromatic nitrogens is 1. The average Bonchev–Trinajstić information content (AvgIpc) is 3.60. The number of rotatable bonds is 6. The largest absolute Gasteiger partial charge is 0.496 e. The summed E-state index contributed by atoms with van der Waals surface area (Å²) in [5.41, 5.74) is 0.496. The van der Waals surface area contributed by atoms with Gasteiger partial charge in [0, 0.05) is 26.2 Å². The van der Waals surface area contributed by atoms with Crippen LogP contribution in [0.1, 0.15) is 10.4 Å². The number of carbonyl (C=O) groups excluding carboxylic acids is 1. The van der Waals surface area contributed by atoms with Crippen LogP contribution < -0.4 is 9.64 Å². The van der Waals surface area contributed by atoms with Gasteiger partial charge in [0.1, 0.15) is 5.75 Å². The van der Waals surface area contributed by atoms with Gasteiger partial charge in [-0.25, -0.2) is 8.42 Å². The highest BCUT2D eigenvalue weighted by Gasteiger charge is 2.34. The first-order valence-corrected chi connectivity index (χ1v) is 13.4. The molecular formula is C25H23N3O5S2. The van der Waals surface area contributed by atoms with E-state index in [0.29, 0.717) is 37.5 Å². The number of amides is 1. The number of hydrogen-bond donors (Lipinski definition) is 0. The van der Waals surface area contributed by atoms with Gasteiger partial charge in [-0.3, -0.25) is 4.79 Å². The van der Waals surface area contributed by atoms with Gasteiger partial charge in [0.15, 0.2) is 0 Å². The molecule has 0 atom stereocenters. The first kappa shape index (κ1) is 23.1. The zero-order valence-corrected chi connectivity index (χ0v) is 20.6. The molecule has 1 aliphatic heterocycles. The predicted molar refractivity (Wildman–Crippen MR) is 133 cm³/mol. The lowest BCUT2D eigenvalue weighted by atomic mass is 10.1. The summed E-state index contributed by atoms with van der Waals surface area (Å²) < 4.78 is 38.3. The van der Waals surface area contributed by atoms with Crippen molar-refractivity contribution in [2.24, 2.45) is 0 Å². The molecule has 180 valence electrons. The van der Waals surface area contributed by atoms with E-state index in [2.05, 4.69) is 4.98 Å². The summed E-state index contributed by atoms with van der Waals surface area (Å²) in [7, 11) is -2.37. The normalized spacial score (nSPS) is 14.2. The Morgan fingerprint density at radius 1 is 0.971 bits per heavy atom. The van der Waals surface area contributed by atoms with E-state index in [1.807, 2.05) is 28.5 Å². The zero-order chi connectivity index (χ0) is 24.4. The Hall–Kier alpha value is -3.63. The second-order valence-corrected chi connectivity index (χ2v) is 10.7. The molecule has 4 aromatic rings. The van der Waals surface area contributed by atoms with Gasteiger partial charge in [-0.15, -0.1) is 11.3 Å². The fourth-order valence-corrected chi connectivity index (χ4v) is 5.99. The molecule has 0 saturated carbocycles. The first-order chi connectivity index (χ1) is 17.0. The van der Waals surface area contributed by atoms with Gasteiger partial charge in [0.2, 0.25) is 26.6 Å². The summed E-state index contributed by atoms with van der Waals surface area (Å²) in [6.45, 7) is 1.60. The maximum atomic E-state index is 13.5. The van der Waals surface area contributed by atoms with Crippen molar-refractivity contribution in [2.75, 3.05) is 38.2 Å². The topological polar surface area (TPSA) is 92.9 Å². The number of ether oxygens (including phenoxy) is 1. The summed E-state index contributed by atoms with van der Waals surface area (Å²) in [5, 5.41) is 1.77. The quantitative estimate of drug-likeness (QED) is 0.384. The Bertz CT molecular complexity index is 1430. The molecule has 8 nitrogen and oxygen atoms in total. The Morgan fingerprint density at radius 2 is 1.69 bits per heavy atom. The summed E-state index contributed by atoms with van der Waals surface area (Å²) >= 11 is 1.42. The highest BCUT2D eigenvalue weighted by atomic mass is 32.2. The minimum absolute atomic E-state index is 0.114. The smallest absolute Gasteiger partial charge is 0.257 e. The molecule has 1 fully saturated rings. The molecule has 0 bridgehead atoms. The van der Waals surface area contributed by atoms with Crippen LogP contribution in [0.3, 0.4) is 0 Å². The van der Waals surface area contributed by atoms with Crippen LogP contribution in [0.5, 0.6) is 5.75 Å². The Kier molecular flexibility index (Phi) is 6.31. The van der Waals surface area contributed by atoms with Gasteiger partial charge in [0.25, 0.3) is 5.91 Å². The van der Waals surface area contributed by atoms with Crippen LogP contribution in [0.15, 0.2) is 86.4 Å². The van der Waals surface area contributed by atoms with E-state index in [1.54, 1.807) is 53.4 Å². The molecule has 2 aromatic heterocycles. The maximum absolute atomic E-state index is 13.5. The van der Waals surface area contributed by atoms with Crippen molar-refractivity contribution >= 4 is 33.0 Å². The molecule has 1 aliphatic rings. The molecule has 5 rings (SSSR count). The van der Waals surface area contributed by atoms with Crippen molar-refractivity contribution in [3.05, 3.63) is 77.7 Å². The molecule has 1 saturated heterocycles. The third-order valence-electron chi connectivity index (χ3n) is 5.81. The van der Waals surface area contributed by atoms with E-state index in [0.717, 1.165) is 4.88 Å². The molecule has 0 N–H and O–H groups in total. The van der Waals surface area contributed by atoms with E-state index in [4.69, 9.17) is 9.15 Å². The van der Waals surface area contributed by atoms with Gasteiger partial charge in [-0.05, 0) is 35.7 Å². The van der Waals surface area contributed by atoms with Crippen molar-refractivity contribution in [1.82, 2.24) is 9.88 Å². The molecule has 1 amide bonds. The number of benzene rings is 2. The van der Waals surface area contributed by atoms with Crippen LogP contribution in [-0.2, 0) is 9.84 Å². The van der Waals surface area contributed by atoms with Crippen LogP contribution in [0.2, 0.25) is 0 Å². The summed E-state index contributed by atoms with van der Waals surface area (Å²) in [6.07, 6.45) is 0. The number of thiophene rings is 1. The van der Waals surface area contributed by atoms with Crippen molar-refractivity contribution in [3.8, 4) is 16.5 Å². The second kappa shape index (κ2) is 9.55. The van der Waals surface area contributed by atoms with Crippen LogP contribution in [0.25, 0.3) is 10.8 Å². The van der Waals surface area contributed by atoms with Gasteiger partial charge in [-0.2, -0.15) is 4.98 Å². The molecule has 0 unspecified atom stereocenters. The van der Waals surface area contributed by atoms with Gasteiger partial charge in [0.05, 0.1) is 22.4 Å². The number of oxazole rings is 1. The fourth-order valence-electron chi connectivity index (χ4n) is 3.99. The van der Waals surface area contributed by atoms with Crippen LogP contribution >= 0.6 is 11.3 Å². The van der Waals surface area contributed by atoms with Crippen molar-refractivity contribution in [2.45, 2.75) is 9.92 Å². The molecule has 0 spiro atoms. The number of para-hydroxylation sites is 1. The summed E-state index contributed by atoms with van der Waals surface area (Å²) in [5.74, 6) is 0.849. The fraction of sp³-hybridized carbons (Fsp3) is 0.200. The number of carbonyl (C=O) groups is 1.